The van der Waals surface area contributed by atoms with Gasteiger partial charge >= 0.3 is 0 Å². The van der Waals surface area contributed by atoms with Crippen molar-refractivity contribution in [3.63, 3.8) is 0 Å². The zero-order valence-electron chi connectivity index (χ0n) is 7.78. The molecule has 1 amide bonds. The van der Waals surface area contributed by atoms with Crippen LogP contribution in [-0.4, -0.2) is 12.5 Å². The summed E-state index contributed by atoms with van der Waals surface area (Å²) in [7, 11) is 0. The Hall–Kier alpha value is -1.38. The van der Waals surface area contributed by atoms with Gasteiger partial charge in [0.05, 0.1) is 5.56 Å². The molecule has 1 atom stereocenters. The van der Waals surface area contributed by atoms with E-state index in [9.17, 15) is 4.79 Å². The number of carbonyl (C=O) groups is 1. The Morgan fingerprint density at radius 2 is 2.57 bits per heavy atom. The minimum atomic E-state index is -0.233. The van der Waals surface area contributed by atoms with Gasteiger partial charge in [-0.05, 0) is 11.4 Å². The molecule has 0 aliphatic heterocycles. The first-order chi connectivity index (χ1) is 6.69. The highest BCUT2D eigenvalue weighted by atomic mass is 32.1. The molecule has 0 bridgehead atoms. The number of nitriles is 1. The molecular formula is C9H11N3OS. The van der Waals surface area contributed by atoms with Gasteiger partial charge in [0, 0.05) is 12.5 Å². The summed E-state index contributed by atoms with van der Waals surface area (Å²) in [4.78, 5) is 11.4. The molecule has 0 aliphatic carbocycles. The number of nitrogens with zero attached hydrogens (tertiary/aromatic N) is 1. The minimum Gasteiger partial charge on any atom is -0.330 e. The predicted molar refractivity (Wildman–Crippen MR) is 55.9 cm³/mol. The van der Waals surface area contributed by atoms with Gasteiger partial charge < -0.3 is 11.1 Å². The third kappa shape index (κ3) is 2.31. The summed E-state index contributed by atoms with van der Waals surface area (Å²) in [5.41, 5.74) is 5.84. The second-order valence-corrected chi connectivity index (χ2v) is 3.82. The lowest BCUT2D eigenvalue weighted by atomic mass is 10.2. The van der Waals surface area contributed by atoms with Crippen LogP contribution in [0.15, 0.2) is 11.4 Å². The lowest BCUT2D eigenvalue weighted by Gasteiger charge is -2.07. The van der Waals surface area contributed by atoms with Crippen LogP contribution in [0.4, 0.5) is 5.00 Å². The summed E-state index contributed by atoms with van der Waals surface area (Å²) < 4.78 is 0. The molecular weight excluding hydrogens is 198 g/mol. The molecule has 0 saturated heterocycles. The maximum Gasteiger partial charge on any atom is 0.229 e. The highest BCUT2D eigenvalue weighted by Gasteiger charge is 2.13. The fourth-order valence-corrected chi connectivity index (χ4v) is 1.58. The molecule has 3 N–H and O–H groups in total. The Balaban J connectivity index is 2.70. The summed E-state index contributed by atoms with van der Waals surface area (Å²) in [6.45, 7) is 2.05. The number of carbonyl (C=O) groups excluding carboxylic acids is 1. The van der Waals surface area contributed by atoms with Crippen molar-refractivity contribution < 1.29 is 4.79 Å². The number of hydrogen-bond donors (Lipinski definition) is 2. The number of rotatable bonds is 3. The molecule has 74 valence electrons. The van der Waals surface area contributed by atoms with Gasteiger partial charge in [0.1, 0.15) is 11.1 Å². The molecule has 0 spiro atoms. The third-order valence-electron chi connectivity index (χ3n) is 1.82. The summed E-state index contributed by atoms with van der Waals surface area (Å²) in [6, 6.07) is 3.68. The normalized spacial score (nSPS) is 11.8. The zero-order valence-corrected chi connectivity index (χ0v) is 8.60. The van der Waals surface area contributed by atoms with Crippen molar-refractivity contribution in [3.05, 3.63) is 17.0 Å². The smallest absolute Gasteiger partial charge is 0.229 e. The molecule has 0 fully saturated rings. The molecule has 0 saturated carbocycles. The highest BCUT2D eigenvalue weighted by Crippen LogP contribution is 2.22. The number of nitrogens with two attached hydrogens (primary N) is 1. The van der Waals surface area contributed by atoms with Crippen LogP contribution in [-0.2, 0) is 4.79 Å². The van der Waals surface area contributed by atoms with E-state index >= 15 is 0 Å². The summed E-state index contributed by atoms with van der Waals surface area (Å²) in [5, 5.41) is 13.7. The van der Waals surface area contributed by atoms with E-state index in [-0.39, 0.29) is 11.8 Å². The quantitative estimate of drug-likeness (QED) is 0.783. The Bertz CT molecular complexity index is 366. The fraction of sp³-hybridized carbons (Fsp3) is 0.333. The van der Waals surface area contributed by atoms with Crippen LogP contribution in [0.1, 0.15) is 12.5 Å². The maximum atomic E-state index is 11.4. The lowest BCUT2D eigenvalue weighted by Crippen LogP contribution is -2.26. The molecule has 0 radical (unpaired) electrons. The number of anilines is 1. The lowest BCUT2D eigenvalue weighted by molar-refractivity contribution is -0.119. The van der Waals surface area contributed by atoms with Crippen LogP contribution >= 0.6 is 11.3 Å². The van der Waals surface area contributed by atoms with Crippen molar-refractivity contribution in [1.29, 1.82) is 5.26 Å². The minimum absolute atomic E-state index is 0.147. The summed E-state index contributed by atoms with van der Waals surface area (Å²) in [5.74, 6) is -0.380. The number of thiophene rings is 1. The highest BCUT2D eigenvalue weighted by molar-refractivity contribution is 7.14. The van der Waals surface area contributed by atoms with Gasteiger partial charge in [0.15, 0.2) is 0 Å². The number of nitrogens with one attached hydrogen (secondary N) is 1. The van der Waals surface area contributed by atoms with Crippen LogP contribution in [0.25, 0.3) is 0 Å². The van der Waals surface area contributed by atoms with Gasteiger partial charge in [-0.2, -0.15) is 5.26 Å². The average Bonchev–Trinajstić information content (AvgIpc) is 2.63. The molecule has 1 rings (SSSR count). The van der Waals surface area contributed by atoms with E-state index in [4.69, 9.17) is 11.0 Å². The molecule has 4 nitrogen and oxygen atoms in total. The zero-order chi connectivity index (χ0) is 10.6. The van der Waals surface area contributed by atoms with Crippen molar-refractivity contribution in [2.45, 2.75) is 6.92 Å². The molecule has 0 aliphatic rings. The van der Waals surface area contributed by atoms with Crippen molar-refractivity contribution in [1.82, 2.24) is 0 Å². The van der Waals surface area contributed by atoms with Gasteiger partial charge in [-0.3, -0.25) is 4.79 Å². The Kier molecular flexibility index (Phi) is 3.63. The first-order valence-electron chi connectivity index (χ1n) is 4.17. The van der Waals surface area contributed by atoms with E-state index < -0.39 is 0 Å². The van der Waals surface area contributed by atoms with E-state index in [1.165, 1.54) is 11.3 Å². The van der Waals surface area contributed by atoms with Crippen molar-refractivity contribution in [2.24, 2.45) is 11.7 Å². The van der Waals surface area contributed by atoms with Crippen LogP contribution in [0.2, 0.25) is 0 Å². The summed E-state index contributed by atoms with van der Waals surface area (Å²) in [6.07, 6.45) is 0. The van der Waals surface area contributed by atoms with E-state index in [1.54, 1.807) is 18.4 Å². The second-order valence-electron chi connectivity index (χ2n) is 2.90. The molecule has 1 aromatic heterocycles. The van der Waals surface area contributed by atoms with E-state index in [0.717, 1.165) is 0 Å². The largest absolute Gasteiger partial charge is 0.330 e. The van der Waals surface area contributed by atoms with Gasteiger partial charge in [0.25, 0.3) is 0 Å². The molecule has 0 aromatic carbocycles. The van der Waals surface area contributed by atoms with Crippen LogP contribution in [0, 0.1) is 17.2 Å². The number of amides is 1. The fourth-order valence-electron chi connectivity index (χ4n) is 0.836. The molecule has 14 heavy (non-hydrogen) atoms. The monoisotopic (exact) mass is 209 g/mol. The predicted octanol–water partition coefficient (Wildman–Crippen LogP) is 1.15. The molecule has 1 aromatic rings. The van der Waals surface area contributed by atoms with Gasteiger partial charge in [-0.25, -0.2) is 0 Å². The average molecular weight is 209 g/mol. The Morgan fingerprint density at radius 3 is 3.14 bits per heavy atom. The van der Waals surface area contributed by atoms with Gasteiger partial charge in [0.2, 0.25) is 5.91 Å². The maximum absolute atomic E-state index is 11.4. The van der Waals surface area contributed by atoms with Crippen LogP contribution < -0.4 is 11.1 Å². The number of hydrogen-bond acceptors (Lipinski definition) is 4. The first-order valence-corrected chi connectivity index (χ1v) is 5.05. The van der Waals surface area contributed by atoms with Crippen molar-refractivity contribution >= 4 is 22.2 Å². The van der Waals surface area contributed by atoms with E-state index in [2.05, 4.69) is 5.32 Å². The van der Waals surface area contributed by atoms with Gasteiger partial charge in [-0.1, -0.05) is 6.92 Å². The van der Waals surface area contributed by atoms with Crippen LogP contribution in [0.3, 0.4) is 0 Å². The Morgan fingerprint density at radius 1 is 1.86 bits per heavy atom. The molecule has 5 heteroatoms. The standard InChI is InChI=1S/C9H11N3OS/c1-6(4-10)8(13)12-9-7(5-11)2-3-14-9/h2-3,6H,4,10H2,1H3,(H,12,13). The van der Waals surface area contributed by atoms with Crippen LogP contribution in [0.5, 0.6) is 0 Å². The molecule has 1 unspecified atom stereocenters. The Labute approximate surface area is 86.3 Å². The van der Waals surface area contributed by atoms with Gasteiger partial charge in [-0.15, -0.1) is 11.3 Å². The summed E-state index contributed by atoms with van der Waals surface area (Å²) >= 11 is 1.34. The topological polar surface area (TPSA) is 78.9 Å². The molecule has 1 heterocycles. The van der Waals surface area contributed by atoms with Crippen molar-refractivity contribution in [3.8, 4) is 6.07 Å². The van der Waals surface area contributed by atoms with E-state index in [0.29, 0.717) is 17.1 Å². The van der Waals surface area contributed by atoms with E-state index in [1.807, 2.05) is 6.07 Å². The van der Waals surface area contributed by atoms with Crippen molar-refractivity contribution in [2.75, 3.05) is 11.9 Å². The third-order valence-corrected chi connectivity index (χ3v) is 2.65. The first kappa shape index (κ1) is 10.7. The SMILES string of the molecule is CC(CN)C(=O)Nc1sccc1C#N. The second kappa shape index (κ2) is 4.74.